The summed E-state index contributed by atoms with van der Waals surface area (Å²) in [6.45, 7) is 6.54. The summed E-state index contributed by atoms with van der Waals surface area (Å²) < 4.78 is 0. The normalized spacial score (nSPS) is 18.1. The van der Waals surface area contributed by atoms with Crippen molar-refractivity contribution in [1.29, 1.82) is 0 Å². The molecule has 0 aliphatic carbocycles. The van der Waals surface area contributed by atoms with Crippen LogP contribution >= 0.6 is 0 Å². The molecule has 0 spiro atoms. The lowest BCUT2D eigenvalue weighted by Gasteiger charge is -2.32. The van der Waals surface area contributed by atoms with Gasteiger partial charge in [-0.25, -0.2) is 9.97 Å². The van der Waals surface area contributed by atoms with Gasteiger partial charge in [0.1, 0.15) is 12.1 Å². The van der Waals surface area contributed by atoms with E-state index < -0.39 is 0 Å². The molecule has 1 amide bonds. The van der Waals surface area contributed by atoms with E-state index in [9.17, 15) is 4.79 Å². The molecule has 138 valence electrons. The van der Waals surface area contributed by atoms with Gasteiger partial charge < -0.3 is 9.80 Å². The molecular weight excluding hydrogens is 324 g/mol. The maximum absolute atomic E-state index is 12.8. The van der Waals surface area contributed by atoms with Crippen molar-refractivity contribution in [2.75, 3.05) is 18.0 Å². The molecule has 1 atom stereocenters. The van der Waals surface area contributed by atoms with Crippen molar-refractivity contribution in [1.82, 2.24) is 14.9 Å². The predicted octanol–water partition coefficient (Wildman–Crippen LogP) is 3.45. The molecule has 1 fully saturated rings. The largest absolute Gasteiger partial charge is 0.354 e. The van der Waals surface area contributed by atoms with Crippen molar-refractivity contribution < 1.29 is 4.79 Å². The molecule has 26 heavy (non-hydrogen) atoms. The number of amides is 1. The Labute approximate surface area is 156 Å². The molecule has 3 rings (SSSR count). The van der Waals surface area contributed by atoms with E-state index in [1.807, 2.05) is 24.4 Å². The lowest BCUT2D eigenvalue weighted by molar-refractivity contribution is -0.133. The van der Waals surface area contributed by atoms with Crippen LogP contribution in [0, 0.1) is 0 Å². The number of aryl methyl sites for hydroxylation is 1. The molecule has 1 aliphatic rings. The average Bonchev–Trinajstić information content (AvgIpc) is 2.83. The summed E-state index contributed by atoms with van der Waals surface area (Å²) in [6, 6.07) is 10.4. The van der Waals surface area contributed by atoms with Crippen molar-refractivity contribution in [3.8, 4) is 0 Å². The minimum absolute atomic E-state index is 0.189. The van der Waals surface area contributed by atoms with Gasteiger partial charge in [0.2, 0.25) is 5.91 Å². The van der Waals surface area contributed by atoms with Crippen LogP contribution in [0.15, 0.2) is 42.9 Å². The number of rotatable bonds is 6. The van der Waals surface area contributed by atoms with Crippen molar-refractivity contribution in [2.24, 2.45) is 0 Å². The lowest BCUT2D eigenvalue weighted by atomic mass is 10.1. The molecule has 2 heterocycles. The molecule has 5 heteroatoms. The van der Waals surface area contributed by atoms with E-state index in [4.69, 9.17) is 0 Å². The molecule has 0 bridgehead atoms. The summed E-state index contributed by atoms with van der Waals surface area (Å²) in [4.78, 5) is 25.9. The third kappa shape index (κ3) is 4.21. The van der Waals surface area contributed by atoms with E-state index in [0.29, 0.717) is 19.5 Å². The van der Waals surface area contributed by atoms with Gasteiger partial charge in [0.15, 0.2) is 0 Å². The Morgan fingerprint density at radius 3 is 2.73 bits per heavy atom. The van der Waals surface area contributed by atoms with Crippen LogP contribution < -0.4 is 4.90 Å². The van der Waals surface area contributed by atoms with Crippen molar-refractivity contribution in [3.63, 3.8) is 0 Å². The van der Waals surface area contributed by atoms with E-state index in [1.165, 1.54) is 11.1 Å². The minimum Gasteiger partial charge on any atom is -0.354 e. The Bertz CT molecular complexity index is 719. The number of carbonyl (C=O) groups is 1. The van der Waals surface area contributed by atoms with E-state index in [2.05, 4.69) is 45.7 Å². The van der Waals surface area contributed by atoms with Gasteiger partial charge in [-0.05, 0) is 18.4 Å². The molecule has 1 aromatic heterocycles. The fourth-order valence-electron chi connectivity index (χ4n) is 3.64. The van der Waals surface area contributed by atoms with Gasteiger partial charge >= 0.3 is 0 Å². The average molecular weight is 352 g/mol. The van der Waals surface area contributed by atoms with Crippen LogP contribution in [0.4, 0.5) is 5.82 Å². The number of carbonyl (C=O) groups excluding carboxylic acids is 1. The van der Waals surface area contributed by atoms with Crippen LogP contribution in [-0.4, -0.2) is 39.9 Å². The highest BCUT2D eigenvalue weighted by Gasteiger charge is 2.29. The third-order valence-electron chi connectivity index (χ3n) is 5.04. The van der Waals surface area contributed by atoms with Crippen molar-refractivity contribution >= 4 is 11.7 Å². The summed E-state index contributed by atoms with van der Waals surface area (Å²) in [5.74, 6) is 1.23. The molecule has 5 nitrogen and oxygen atoms in total. The summed E-state index contributed by atoms with van der Waals surface area (Å²) in [7, 11) is 0. The standard InChI is InChI=1S/C21H28N4O/c1-3-8-18-13-22-16-23-21(18)24-12-11-20(26)25(19(4-2)15-24)14-17-9-6-5-7-10-17/h5-7,9-10,13,16,19H,3-4,8,11-12,14-15H2,1-2H3/t19-/m1/s1. The maximum Gasteiger partial charge on any atom is 0.224 e. The van der Waals surface area contributed by atoms with E-state index >= 15 is 0 Å². The number of hydrogen-bond donors (Lipinski definition) is 0. The summed E-state index contributed by atoms with van der Waals surface area (Å²) in [5.41, 5.74) is 2.36. The van der Waals surface area contributed by atoms with Crippen LogP contribution in [0.1, 0.15) is 44.2 Å². The molecule has 1 saturated heterocycles. The SMILES string of the molecule is CCCc1cncnc1N1CCC(=O)N(Cc2ccccc2)[C@H](CC)C1. The van der Waals surface area contributed by atoms with E-state index in [0.717, 1.165) is 31.6 Å². The molecular formula is C21H28N4O. The third-order valence-corrected chi connectivity index (χ3v) is 5.04. The first-order valence-corrected chi connectivity index (χ1v) is 9.60. The number of nitrogens with zero attached hydrogens (tertiary/aromatic N) is 4. The molecule has 0 N–H and O–H groups in total. The van der Waals surface area contributed by atoms with Crippen LogP contribution in [0.25, 0.3) is 0 Å². The summed E-state index contributed by atoms with van der Waals surface area (Å²) >= 11 is 0. The molecule has 0 radical (unpaired) electrons. The van der Waals surface area contributed by atoms with Gasteiger partial charge in [0, 0.05) is 43.9 Å². The second kappa shape index (κ2) is 8.79. The second-order valence-corrected chi connectivity index (χ2v) is 6.89. The summed E-state index contributed by atoms with van der Waals surface area (Å²) in [6.07, 6.45) is 7.02. The topological polar surface area (TPSA) is 49.3 Å². The Hall–Kier alpha value is -2.43. The van der Waals surface area contributed by atoms with Gasteiger partial charge in [-0.3, -0.25) is 4.79 Å². The fourth-order valence-corrected chi connectivity index (χ4v) is 3.64. The Balaban J connectivity index is 1.82. The zero-order valence-corrected chi connectivity index (χ0v) is 15.8. The smallest absolute Gasteiger partial charge is 0.224 e. The highest BCUT2D eigenvalue weighted by molar-refractivity contribution is 5.78. The Morgan fingerprint density at radius 1 is 1.19 bits per heavy atom. The monoisotopic (exact) mass is 352 g/mol. The molecule has 1 aliphatic heterocycles. The van der Waals surface area contributed by atoms with Crippen molar-refractivity contribution in [3.05, 3.63) is 54.0 Å². The molecule has 0 saturated carbocycles. The maximum atomic E-state index is 12.8. The van der Waals surface area contributed by atoms with Crippen LogP contribution in [-0.2, 0) is 17.8 Å². The van der Waals surface area contributed by atoms with Gasteiger partial charge in [0.05, 0.1) is 0 Å². The zero-order chi connectivity index (χ0) is 18.4. The number of benzene rings is 1. The second-order valence-electron chi connectivity index (χ2n) is 6.89. The Kier molecular flexibility index (Phi) is 6.21. The van der Waals surface area contributed by atoms with Crippen LogP contribution in [0.5, 0.6) is 0 Å². The minimum atomic E-state index is 0.189. The van der Waals surface area contributed by atoms with Crippen molar-refractivity contribution in [2.45, 2.75) is 52.1 Å². The predicted molar refractivity (Wildman–Crippen MR) is 104 cm³/mol. The lowest BCUT2D eigenvalue weighted by Crippen LogP contribution is -2.42. The number of aromatic nitrogens is 2. The first-order chi connectivity index (χ1) is 12.7. The zero-order valence-electron chi connectivity index (χ0n) is 15.8. The first kappa shape index (κ1) is 18.4. The van der Waals surface area contributed by atoms with Gasteiger partial charge in [-0.1, -0.05) is 50.6 Å². The van der Waals surface area contributed by atoms with Gasteiger partial charge in [0.25, 0.3) is 0 Å². The van der Waals surface area contributed by atoms with Gasteiger partial charge in [-0.2, -0.15) is 0 Å². The van der Waals surface area contributed by atoms with E-state index in [1.54, 1.807) is 6.33 Å². The highest BCUT2D eigenvalue weighted by atomic mass is 16.2. The fraction of sp³-hybridized carbons (Fsp3) is 0.476. The van der Waals surface area contributed by atoms with Crippen LogP contribution in [0.3, 0.4) is 0 Å². The van der Waals surface area contributed by atoms with Crippen LogP contribution in [0.2, 0.25) is 0 Å². The first-order valence-electron chi connectivity index (χ1n) is 9.60. The molecule has 0 unspecified atom stereocenters. The van der Waals surface area contributed by atoms with Gasteiger partial charge in [-0.15, -0.1) is 0 Å². The quantitative estimate of drug-likeness (QED) is 0.799. The highest BCUT2D eigenvalue weighted by Crippen LogP contribution is 2.24. The van der Waals surface area contributed by atoms with E-state index in [-0.39, 0.29) is 11.9 Å². The molecule has 2 aromatic rings. The summed E-state index contributed by atoms with van der Waals surface area (Å²) in [5, 5.41) is 0. The molecule has 1 aromatic carbocycles. The number of anilines is 1. The number of hydrogen-bond acceptors (Lipinski definition) is 4. The Morgan fingerprint density at radius 2 is 2.00 bits per heavy atom.